The van der Waals surface area contributed by atoms with Crippen LogP contribution in [0.1, 0.15) is 27.2 Å². The molecular weight excluding hydrogens is 190 g/mol. The van der Waals surface area contributed by atoms with Crippen molar-refractivity contribution in [3.63, 3.8) is 0 Å². The fourth-order valence-electron chi connectivity index (χ4n) is 1.83. The van der Waals surface area contributed by atoms with Gasteiger partial charge in [-0.1, -0.05) is 20.8 Å². The van der Waals surface area contributed by atoms with Crippen LogP contribution >= 0.6 is 0 Å². The van der Waals surface area contributed by atoms with E-state index >= 15 is 0 Å². The van der Waals surface area contributed by atoms with Crippen molar-refractivity contribution in [3.05, 3.63) is 0 Å². The Morgan fingerprint density at radius 2 is 2.13 bits per heavy atom. The molecule has 0 aliphatic heterocycles. The van der Waals surface area contributed by atoms with E-state index in [1.807, 2.05) is 4.90 Å². The van der Waals surface area contributed by atoms with Gasteiger partial charge in [-0.25, -0.2) is 0 Å². The smallest absolute Gasteiger partial charge is 0.226 e. The first-order valence-electron chi connectivity index (χ1n) is 5.84. The van der Waals surface area contributed by atoms with Gasteiger partial charge in [-0.2, -0.15) is 0 Å². The normalized spacial score (nSPS) is 24.3. The van der Waals surface area contributed by atoms with Crippen molar-refractivity contribution in [1.82, 2.24) is 4.90 Å². The molecule has 1 aliphatic rings. The van der Waals surface area contributed by atoms with Crippen molar-refractivity contribution < 1.29 is 9.53 Å². The number of nitrogens with zero attached hydrogens (tertiary/aromatic N) is 1. The summed E-state index contributed by atoms with van der Waals surface area (Å²) >= 11 is 0. The molecule has 0 bridgehead atoms. The van der Waals surface area contributed by atoms with Gasteiger partial charge in [0.05, 0.1) is 6.61 Å². The summed E-state index contributed by atoms with van der Waals surface area (Å²) in [5.74, 6) is 1.74. The minimum Gasteiger partial charge on any atom is -0.383 e. The second kappa shape index (κ2) is 5.50. The summed E-state index contributed by atoms with van der Waals surface area (Å²) < 4.78 is 5.04. The van der Waals surface area contributed by atoms with Crippen molar-refractivity contribution in [2.24, 2.45) is 17.8 Å². The molecule has 0 aromatic heterocycles. The summed E-state index contributed by atoms with van der Waals surface area (Å²) in [5.41, 5.74) is 0. The van der Waals surface area contributed by atoms with Gasteiger partial charge in [-0.3, -0.25) is 4.79 Å². The number of carbonyl (C=O) groups is 1. The Morgan fingerprint density at radius 3 is 2.53 bits per heavy atom. The predicted octanol–water partition coefficient (Wildman–Crippen LogP) is 1.77. The van der Waals surface area contributed by atoms with Crippen LogP contribution in [-0.2, 0) is 9.53 Å². The number of methoxy groups -OCH3 is 1. The van der Waals surface area contributed by atoms with Crippen LogP contribution in [-0.4, -0.2) is 37.6 Å². The highest BCUT2D eigenvalue weighted by atomic mass is 16.5. The zero-order valence-electron chi connectivity index (χ0n) is 10.3. The van der Waals surface area contributed by atoms with Gasteiger partial charge in [-0.05, 0) is 18.3 Å². The molecule has 0 aromatic rings. The van der Waals surface area contributed by atoms with Crippen LogP contribution in [0.5, 0.6) is 0 Å². The van der Waals surface area contributed by atoms with Gasteiger partial charge in [0.1, 0.15) is 0 Å². The molecule has 0 saturated heterocycles. The molecule has 1 amide bonds. The third kappa shape index (κ3) is 3.82. The molecule has 1 aliphatic carbocycles. The van der Waals surface area contributed by atoms with E-state index in [-0.39, 0.29) is 0 Å². The van der Waals surface area contributed by atoms with E-state index in [9.17, 15) is 4.79 Å². The van der Waals surface area contributed by atoms with Crippen molar-refractivity contribution in [3.8, 4) is 0 Å². The van der Waals surface area contributed by atoms with Gasteiger partial charge in [0.2, 0.25) is 5.91 Å². The molecule has 1 saturated carbocycles. The molecule has 1 rings (SSSR count). The number of hydrogen-bond donors (Lipinski definition) is 0. The van der Waals surface area contributed by atoms with E-state index in [0.717, 1.165) is 19.5 Å². The Hall–Kier alpha value is -0.570. The molecular formula is C12H23NO2. The molecule has 3 nitrogen and oxygen atoms in total. The van der Waals surface area contributed by atoms with Gasteiger partial charge in [0.25, 0.3) is 0 Å². The fourth-order valence-corrected chi connectivity index (χ4v) is 1.83. The zero-order chi connectivity index (χ0) is 11.4. The lowest BCUT2D eigenvalue weighted by Gasteiger charge is -2.24. The third-order valence-electron chi connectivity index (χ3n) is 2.89. The number of hydrogen-bond acceptors (Lipinski definition) is 2. The average Bonchev–Trinajstić information content (AvgIpc) is 2.88. The molecule has 1 fully saturated rings. The molecule has 0 heterocycles. The number of ether oxygens (including phenoxy) is 1. The quantitative estimate of drug-likeness (QED) is 0.673. The first kappa shape index (κ1) is 12.5. The Balaban J connectivity index is 2.43. The number of rotatable bonds is 6. The molecule has 15 heavy (non-hydrogen) atoms. The molecule has 0 N–H and O–H groups in total. The van der Waals surface area contributed by atoms with E-state index in [0.29, 0.717) is 30.3 Å². The third-order valence-corrected chi connectivity index (χ3v) is 2.89. The van der Waals surface area contributed by atoms with Crippen molar-refractivity contribution in [1.29, 1.82) is 0 Å². The summed E-state index contributed by atoms with van der Waals surface area (Å²) in [6.45, 7) is 8.65. The zero-order valence-corrected chi connectivity index (χ0v) is 10.3. The summed E-state index contributed by atoms with van der Waals surface area (Å²) in [6.07, 6.45) is 1.07. The Morgan fingerprint density at radius 1 is 1.53 bits per heavy atom. The van der Waals surface area contributed by atoms with Crippen molar-refractivity contribution >= 4 is 5.91 Å². The van der Waals surface area contributed by atoms with Crippen LogP contribution in [0, 0.1) is 17.8 Å². The first-order chi connectivity index (χ1) is 7.06. The maximum Gasteiger partial charge on any atom is 0.226 e. The molecule has 0 aromatic carbocycles. The molecule has 3 heteroatoms. The standard InChI is InChI=1S/C12H23NO2/c1-9(2)8-13(5-6-15-4)12(14)11-7-10(11)3/h9-11H,5-8H2,1-4H3. The summed E-state index contributed by atoms with van der Waals surface area (Å²) in [5, 5.41) is 0. The van der Waals surface area contributed by atoms with E-state index < -0.39 is 0 Å². The lowest BCUT2D eigenvalue weighted by Crippen LogP contribution is -2.38. The topological polar surface area (TPSA) is 29.5 Å². The number of carbonyl (C=O) groups excluding carboxylic acids is 1. The predicted molar refractivity (Wildman–Crippen MR) is 60.6 cm³/mol. The maximum atomic E-state index is 12.0. The largest absolute Gasteiger partial charge is 0.383 e. The highest BCUT2D eigenvalue weighted by Crippen LogP contribution is 2.39. The highest BCUT2D eigenvalue weighted by Gasteiger charge is 2.41. The van der Waals surface area contributed by atoms with Gasteiger partial charge in [0, 0.05) is 26.1 Å². The van der Waals surface area contributed by atoms with Gasteiger partial charge >= 0.3 is 0 Å². The molecule has 2 atom stereocenters. The van der Waals surface area contributed by atoms with Crippen LogP contribution in [0.3, 0.4) is 0 Å². The Labute approximate surface area is 92.8 Å². The summed E-state index contributed by atoms with van der Waals surface area (Å²) in [7, 11) is 1.68. The molecule has 0 spiro atoms. The van der Waals surface area contributed by atoms with Crippen LogP contribution in [0.2, 0.25) is 0 Å². The van der Waals surface area contributed by atoms with Crippen LogP contribution in [0.4, 0.5) is 0 Å². The summed E-state index contributed by atoms with van der Waals surface area (Å²) in [6, 6.07) is 0. The van der Waals surface area contributed by atoms with Crippen LogP contribution in [0.15, 0.2) is 0 Å². The molecule has 88 valence electrons. The number of amides is 1. The van der Waals surface area contributed by atoms with E-state index in [1.54, 1.807) is 7.11 Å². The van der Waals surface area contributed by atoms with Crippen LogP contribution in [0.25, 0.3) is 0 Å². The monoisotopic (exact) mass is 213 g/mol. The van der Waals surface area contributed by atoms with Crippen molar-refractivity contribution in [2.75, 3.05) is 26.8 Å². The van der Waals surface area contributed by atoms with Crippen molar-refractivity contribution in [2.45, 2.75) is 27.2 Å². The van der Waals surface area contributed by atoms with Gasteiger partial charge in [0.15, 0.2) is 0 Å². The first-order valence-corrected chi connectivity index (χ1v) is 5.84. The van der Waals surface area contributed by atoms with E-state index in [1.165, 1.54) is 0 Å². The maximum absolute atomic E-state index is 12.0. The lowest BCUT2D eigenvalue weighted by atomic mass is 10.2. The van der Waals surface area contributed by atoms with Gasteiger partial charge in [-0.15, -0.1) is 0 Å². The minimum absolute atomic E-state index is 0.292. The fraction of sp³-hybridized carbons (Fsp3) is 0.917. The average molecular weight is 213 g/mol. The van der Waals surface area contributed by atoms with E-state index in [4.69, 9.17) is 4.74 Å². The van der Waals surface area contributed by atoms with E-state index in [2.05, 4.69) is 20.8 Å². The Kier molecular flexibility index (Phi) is 4.58. The summed E-state index contributed by atoms with van der Waals surface area (Å²) in [4.78, 5) is 14.0. The lowest BCUT2D eigenvalue weighted by molar-refractivity contribution is -0.134. The SMILES string of the molecule is COCCN(CC(C)C)C(=O)C1CC1C. The van der Waals surface area contributed by atoms with Crippen LogP contribution < -0.4 is 0 Å². The van der Waals surface area contributed by atoms with Gasteiger partial charge < -0.3 is 9.64 Å². The highest BCUT2D eigenvalue weighted by molar-refractivity contribution is 5.81. The molecule has 2 unspecified atom stereocenters. The second-order valence-corrected chi connectivity index (χ2v) is 4.99. The minimum atomic E-state index is 0.292. The molecule has 0 radical (unpaired) electrons. The Bertz CT molecular complexity index is 216. The second-order valence-electron chi connectivity index (χ2n) is 4.99.